The number of rotatable bonds is 1. The predicted octanol–water partition coefficient (Wildman–Crippen LogP) is 1.06. The molecule has 3 nitrogen and oxygen atoms in total. The Hall–Kier alpha value is -0.730. The maximum absolute atomic E-state index is 4.55. The Morgan fingerprint density at radius 1 is 1.54 bits per heavy atom. The highest BCUT2D eigenvalue weighted by Crippen LogP contribution is 2.23. The Morgan fingerprint density at radius 3 is 3.00 bits per heavy atom. The van der Waals surface area contributed by atoms with Gasteiger partial charge in [0.2, 0.25) is 0 Å². The normalized spacial score (nSPS) is 38.2. The van der Waals surface area contributed by atoms with Crippen LogP contribution in [-0.2, 0) is 0 Å². The standard InChI is InChI=1S/C10H19N3/c1-4-9-7(2)5-11-10-12-8(3)6-13(9)10/h7-9H,4-6H2,1-3H3,(H,11,12). The van der Waals surface area contributed by atoms with E-state index in [1.807, 2.05) is 0 Å². The van der Waals surface area contributed by atoms with Crippen molar-refractivity contribution in [1.82, 2.24) is 10.2 Å². The molecule has 3 unspecified atom stereocenters. The van der Waals surface area contributed by atoms with Crippen LogP contribution in [0.15, 0.2) is 4.99 Å². The van der Waals surface area contributed by atoms with E-state index in [0.29, 0.717) is 18.0 Å². The summed E-state index contributed by atoms with van der Waals surface area (Å²) >= 11 is 0. The summed E-state index contributed by atoms with van der Waals surface area (Å²) in [6.45, 7) is 8.91. The predicted molar refractivity (Wildman–Crippen MR) is 54.8 cm³/mol. The lowest BCUT2D eigenvalue weighted by Crippen LogP contribution is -2.46. The van der Waals surface area contributed by atoms with Gasteiger partial charge in [0.25, 0.3) is 0 Å². The van der Waals surface area contributed by atoms with E-state index in [0.717, 1.165) is 19.0 Å². The molecule has 0 aliphatic carbocycles. The Bertz CT molecular complexity index is 224. The first-order valence-electron chi connectivity index (χ1n) is 5.30. The molecule has 3 heteroatoms. The van der Waals surface area contributed by atoms with Crippen LogP contribution in [0, 0.1) is 5.92 Å². The van der Waals surface area contributed by atoms with E-state index in [1.165, 1.54) is 6.42 Å². The molecule has 0 radical (unpaired) electrons. The number of nitrogens with one attached hydrogen (secondary N) is 1. The first kappa shape index (κ1) is 8.85. The maximum atomic E-state index is 4.55. The zero-order chi connectivity index (χ0) is 9.42. The van der Waals surface area contributed by atoms with Crippen molar-refractivity contribution in [3.05, 3.63) is 0 Å². The van der Waals surface area contributed by atoms with E-state index >= 15 is 0 Å². The van der Waals surface area contributed by atoms with E-state index in [4.69, 9.17) is 0 Å². The SMILES string of the molecule is CCC1C(C)CN=C2NC(C)CN21. The van der Waals surface area contributed by atoms with Crippen molar-refractivity contribution in [2.75, 3.05) is 13.1 Å². The molecule has 2 aliphatic heterocycles. The van der Waals surface area contributed by atoms with Crippen molar-refractivity contribution >= 4 is 5.96 Å². The molecule has 0 bridgehead atoms. The molecule has 1 N–H and O–H groups in total. The van der Waals surface area contributed by atoms with Gasteiger partial charge < -0.3 is 10.2 Å². The fourth-order valence-electron chi connectivity index (χ4n) is 2.44. The summed E-state index contributed by atoms with van der Waals surface area (Å²) in [5, 5.41) is 3.42. The molecule has 2 heterocycles. The highest BCUT2D eigenvalue weighted by atomic mass is 15.4. The third kappa shape index (κ3) is 1.40. The number of nitrogens with zero attached hydrogens (tertiary/aromatic N) is 2. The van der Waals surface area contributed by atoms with E-state index in [-0.39, 0.29) is 0 Å². The van der Waals surface area contributed by atoms with Crippen molar-refractivity contribution in [1.29, 1.82) is 0 Å². The van der Waals surface area contributed by atoms with E-state index < -0.39 is 0 Å². The van der Waals surface area contributed by atoms with Crippen LogP contribution in [0.5, 0.6) is 0 Å². The summed E-state index contributed by atoms with van der Waals surface area (Å²) in [4.78, 5) is 7.00. The van der Waals surface area contributed by atoms with Crippen LogP contribution in [0.3, 0.4) is 0 Å². The molecule has 0 aromatic rings. The van der Waals surface area contributed by atoms with Crippen LogP contribution >= 0.6 is 0 Å². The quantitative estimate of drug-likeness (QED) is 0.655. The van der Waals surface area contributed by atoms with Gasteiger partial charge >= 0.3 is 0 Å². The number of hydrogen-bond donors (Lipinski definition) is 1. The lowest BCUT2D eigenvalue weighted by atomic mass is 9.97. The van der Waals surface area contributed by atoms with Crippen LogP contribution in [0.2, 0.25) is 0 Å². The second-order valence-corrected chi connectivity index (χ2v) is 4.31. The first-order valence-corrected chi connectivity index (χ1v) is 5.30. The van der Waals surface area contributed by atoms with Gasteiger partial charge in [-0.05, 0) is 19.3 Å². The van der Waals surface area contributed by atoms with Gasteiger partial charge in [-0.3, -0.25) is 4.99 Å². The molecule has 1 saturated heterocycles. The third-order valence-electron chi connectivity index (χ3n) is 3.12. The Balaban J connectivity index is 2.18. The molecular weight excluding hydrogens is 162 g/mol. The lowest BCUT2D eigenvalue weighted by molar-refractivity contribution is 0.229. The number of guanidine groups is 1. The molecule has 3 atom stereocenters. The summed E-state index contributed by atoms with van der Waals surface area (Å²) in [5.41, 5.74) is 0. The molecule has 0 amide bonds. The van der Waals surface area contributed by atoms with E-state index in [2.05, 4.69) is 36.0 Å². The summed E-state index contributed by atoms with van der Waals surface area (Å²) in [6, 6.07) is 1.27. The summed E-state index contributed by atoms with van der Waals surface area (Å²) in [6.07, 6.45) is 1.23. The van der Waals surface area contributed by atoms with Crippen LogP contribution in [0.4, 0.5) is 0 Å². The molecule has 2 rings (SSSR count). The van der Waals surface area contributed by atoms with Gasteiger partial charge in [0, 0.05) is 25.2 Å². The van der Waals surface area contributed by atoms with E-state index in [1.54, 1.807) is 0 Å². The van der Waals surface area contributed by atoms with Gasteiger partial charge in [0.1, 0.15) is 0 Å². The molecule has 1 fully saturated rings. The molecule has 2 aliphatic rings. The maximum Gasteiger partial charge on any atom is 0.194 e. The van der Waals surface area contributed by atoms with Crippen LogP contribution in [-0.4, -0.2) is 36.0 Å². The monoisotopic (exact) mass is 181 g/mol. The molecule has 0 saturated carbocycles. The lowest BCUT2D eigenvalue weighted by Gasteiger charge is -2.35. The zero-order valence-electron chi connectivity index (χ0n) is 8.75. The van der Waals surface area contributed by atoms with Gasteiger partial charge in [0.15, 0.2) is 5.96 Å². The van der Waals surface area contributed by atoms with Crippen molar-refractivity contribution in [3.8, 4) is 0 Å². The second kappa shape index (κ2) is 3.20. The second-order valence-electron chi connectivity index (χ2n) is 4.31. The first-order chi connectivity index (χ1) is 6.22. The minimum Gasteiger partial charge on any atom is -0.352 e. The zero-order valence-corrected chi connectivity index (χ0v) is 8.75. The van der Waals surface area contributed by atoms with Crippen molar-refractivity contribution < 1.29 is 0 Å². The molecule has 0 aromatic carbocycles. The van der Waals surface area contributed by atoms with Gasteiger partial charge in [-0.25, -0.2) is 0 Å². The fourth-order valence-corrected chi connectivity index (χ4v) is 2.44. The highest BCUT2D eigenvalue weighted by Gasteiger charge is 2.34. The largest absolute Gasteiger partial charge is 0.352 e. The van der Waals surface area contributed by atoms with Crippen molar-refractivity contribution in [2.24, 2.45) is 10.9 Å². The van der Waals surface area contributed by atoms with Crippen LogP contribution < -0.4 is 5.32 Å². The van der Waals surface area contributed by atoms with Gasteiger partial charge in [-0.2, -0.15) is 0 Å². The molecule has 74 valence electrons. The Morgan fingerprint density at radius 2 is 2.31 bits per heavy atom. The molecule has 0 aromatic heterocycles. The Kier molecular flexibility index (Phi) is 2.18. The molecular formula is C10H19N3. The van der Waals surface area contributed by atoms with E-state index in [9.17, 15) is 0 Å². The van der Waals surface area contributed by atoms with Crippen LogP contribution in [0.1, 0.15) is 27.2 Å². The van der Waals surface area contributed by atoms with Gasteiger partial charge in [-0.1, -0.05) is 13.8 Å². The van der Waals surface area contributed by atoms with Gasteiger partial charge in [-0.15, -0.1) is 0 Å². The molecule has 0 spiro atoms. The number of aliphatic imine (C=N–C) groups is 1. The average molecular weight is 181 g/mol. The van der Waals surface area contributed by atoms with Crippen molar-refractivity contribution in [2.45, 2.75) is 39.3 Å². The topological polar surface area (TPSA) is 27.6 Å². The van der Waals surface area contributed by atoms with Crippen molar-refractivity contribution in [3.63, 3.8) is 0 Å². The summed E-state index contributed by atoms with van der Waals surface area (Å²) in [7, 11) is 0. The third-order valence-corrected chi connectivity index (χ3v) is 3.12. The number of hydrogen-bond acceptors (Lipinski definition) is 3. The summed E-state index contributed by atoms with van der Waals surface area (Å²) in [5.74, 6) is 1.85. The average Bonchev–Trinajstić information content (AvgIpc) is 2.45. The van der Waals surface area contributed by atoms with Gasteiger partial charge in [0.05, 0.1) is 0 Å². The molecule has 13 heavy (non-hydrogen) atoms. The minimum atomic E-state index is 0.568. The van der Waals surface area contributed by atoms with Crippen LogP contribution in [0.25, 0.3) is 0 Å². The fraction of sp³-hybridized carbons (Fsp3) is 0.900. The Labute approximate surface area is 80.2 Å². The highest BCUT2D eigenvalue weighted by molar-refractivity contribution is 5.83. The smallest absolute Gasteiger partial charge is 0.194 e. The minimum absolute atomic E-state index is 0.568. The summed E-state index contributed by atoms with van der Waals surface area (Å²) < 4.78 is 0. The number of fused-ring (bicyclic) bond motifs is 1.